The molecule has 9 heteroatoms. The van der Waals surface area contributed by atoms with Crippen LogP contribution in [0.2, 0.25) is 5.02 Å². The number of aromatic nitrogens is 4. The summed E-state index contributed by atoms with van der Waals surface area (Å²) in [6, 6.07) is 13.2. The van der Waals surface area contributed by atoms with E-state index in [0.717, 1.165) is 11.3 Å². The average Bonchev–Trinajstić information content (AvgIpc) is 3.10. The molecule has 1 amide bonds. The number of nitrogens with zero attached hydrogens (tertiary/aromatic N) is 5. The molecule has 3 rings (SSSR count). The van der Waals surface area contributed by atoms with Crippen LogP contribution < -0.4 is 0 Å². The molecular weight excluding hydrogens is 377 g/mol. The molecule has 0 unspecified atom stereocenters. The number of carbonyl (C=O) groups excluding carboxylic acids is 1. The molecule has 0 bridgehead atoms. The van der Waals surface area contributed by atoms with Crippen molar-refractivity contribution in [3.8, 4) is 5.69 Å². The summed E-state index contributed by atoms with van der Waals surface area (Å²) >= 11 is 7.23. The minimum Gasteiger partial charge on any atom is -0.341 e. The molecule has 0 N–H and O–H groups in total. The van der Waals surface area contributed by atoms with E-state index in [-0.39, 0.29) is 17.5 Å². The molecule has 1 heterocycles. The Morgan fingerprint density at radius 1 is 1.27 bits per heavy atom. The number of amides is 1. The fourth-order valence-electron chi connectivity index (χ4n) is 2.23. The first kappa shape index (κ1) is 18.3. The van der Waals surface area contributed by atoms with Gasteiger partial charge in [-0.05, 0) is 46.3 Å². The van der Waals surface area contributed by atoms with Crippen molar-refractivity contribution in [2.24, 2.45) is 0 Å². The van der Waals surface area contributed by atoms with Crippen LogP contribution in [0.15, 0.2) is 53.7 Å². The first-order valence-corrected chi connectivity index (χ1v) is 9.05. The molecule has 2 aromatic carbocycles. The van der Waals surface area contributed by atoms with E-state index >= 15 is 0 Å². The Kier molecular flexibility index (Phi) is 5.85. The Bertz CT molecular complexity index is 902. The van der Waals surface area contributed by atoms with Crippen molar-refractivity contribution in [2.45, 2.75) is 11.7 Å². The fourth-order valence-corrected chi connectivity index (χ4v) is 3.24. The predicted octanol–water partition coefficient (Wildman–Crippen LogP) is 3.21. The van der Waals surface area contributed by atoms with Gasteiger partial charge in [-0.25, -0.2) is 4.39 Å². The number of rotatable bonds is 6. The van der Waals surface area contributed by atoms with Gasteiger partial charge in [-0.15, -0.1) is 5.10 Å². The zero-order valence-electron chi connectivity index (χ0n) is 13.8. The first-order chi connectivity index (χ1) is 12.5. The van der Waals surface area contributed by atoms with Crippen LogP contribution >= 0.6 is 23.4 Å². The van der Waals surface area contributed by atoms with Gasteiger partial charge in [-0.2, -0.15) is 4.68 Å². The van der Waals surface area contributed by atoms with E-state index in [0.29, 0.717) is 16.7 Å². The van der Waals surface area contributed by atoms with Crippen LogP contribution in [0.3, 0.4) is 0 Å². The fraction of sp³-hybridized carbons (Fsp3) is 0.176. The molecule has 0 radical (unpaired) electrons. The molecule has 0 saturated heterocycles. The lowest BCUT2D eigenvalue weighted by molar-refractivity contribution is -0.127. The molecule has 0 atom stereocenters. The van der Waals surface area contributed by atoms with Crippen LogP contribution in [0, 0.1) is 5.82 Å². The SMILES string of the molecule is CN(Cc1ccc(F)cc1)C(=O)CSc1nnnn1-c1cccc(Cl)c1. The summed E-state index contributed by atoms with van der Waals surface area (Å²) in [6.07, 6.45) is 0. The zero-order valence-corrected chi connectivity index (χ0v) is 15.4. The Labute approximate surface area is 159 Å². The molecule has 0 saturated carbocycles. The molecule has 26 heavy (non-hydrogen) atoms. The maximum atomic E-state index is 13.0. The number of carbonyl (C=O) groups is 1. The summed E-state index contributed by atoms with van der Waals surface area (Å²) < 4.78 is 14.5. The number of halogens is 2. The van der Waals surface area contributed by atoms with Gasteiger partial charge in [-0.1, -0.05) is 41.6 Å². The smallest absolute Gasteiger partial charge is 0.233 e. The van der Waals surface area contributed by atoms with Gasteiger partial charge in [0.1, 0.15) is 5.82 Å². The summed E-state index contributed by atoms with van der Waals surface area (Å²) in [5, 5.41) is 12.6. The van der Waals surface area contributed by atoms with E-state index in [1.165, 1.54) is 28.6 Å². The molecule has 0 fully saturated rings. The molecule has 0 spiro atoms. The summed E-state index contributed by atoms with van der Waals surface area (Å²) in [4.78, 5) is 13.9. The molecular formula is C17H15ClFN5OS. The van der Waals surface area contributed by atoms with E-state index in [9.17, 15) is 9.18 Å². The minimum atomic E-state index is -0.300. The Hall–Kier alpha value is -2.45. The molecule has 3 aromatic rings. The first-order valence-electron chi connectivity index (χ1n) is 7.68. The zero-order chi connectivity index (χ0) is 18.5. The molecule has 0 aliphatic carbocycles. The van der Waals surface area contributed by atoms with Gasteiger partial charge in [0.25, 0.3) is 0 Å². The number of hydrogen-bond donors (Lipinski definition) is 0. The quantitative estimate of drug-likeness (QED) is 0.604. The second kappa shape index (κ2) is 8.29. The van der Waals surface area contributed by atoms with Crippen LogP contribution in [0.4, 0.5) is 4.39 Å². The van der Waals surface area contributed by atoms with Crippen molar-refractivity contribution >= 4 is 29.3 Å². The second-order valence-corrected chi connectivity index (χ2v) is 6.90. The molecule has 0 aliphatic heterocycles. The third kappa shape index (κ3) is 4.59. The van der Waals surface area contributed by atoms with Crippen molar-refractivity contribution in [3.05, 3.63) is 64.9 Å². The monoisotopic (exact) mass is 391 g/mol. The van der Waals surface area contributed by atoms with Crippen molar-refractivity contribution in [2.75, 3.05) is 12.8 Å². The van der Waals surface area contributed by atoms with E-state index in [1.807, 2.05) is 6.07 Å². The number of benzene rings is 2. The van der Waals surface area contributed by atoms with E-state index in [2.05, 4.69) is 15.5 Å². The van der Waals surface area contributed by atoms with Gasteiger partial charge in [0.05, 0.1) is 11.4 Å². The van der Waals surface area contributed by atoms with Gasteiger partial charge < -0.3 is 4.90 Å². The minimum absolute atomic E-state index is 0.0834. The van der Waals surface area contributed by atoms with E-state index in [4.69, 9.17) is 11.6 Å². The maximum absolute atomic E-state index is 13.0. The third-order valence-electron chi connectivity index (χ3n) is 3.58. The lowest BCUT2D eigenvalue weighted by Gasteiger charge is -2.17. The van der Waals surface area contributed by atoms with Gasteiger partial charge in [0, 0.05) is 18.6 Å². The van der Waals surface area contributed by atoms with E-state index in [1.54, 1.807) is 42.3 Å². The summed E-state index contributed by atoms with van der Waals surface area (Å²) in [5.74, 6) is -0.204. The Balaban J connectivity index is 1.61. The average molecular weight is 392 g/mol. The van der Waals surface area contributed by atoms with Gasteiger partial charge in [-0.3, -0.25) is 4.79 Å². The lowest BCUT2D eigenvalue weighted by Crippen LogP contribution is -2.27. The van der Waals surface area contributed by atoms with Gasteiger partial charge >= 0.3 is 0 Å². The largest absolute Gasteiger partial charge is 0.341 e. The van der Waals surface area contributed by atoms with Crippen molar-refractivity contribution in [3.63, 3.8) is 0 Å². The summed E-state index contributed by atoms with van der Waals surface area (Å²) in [6.45, 7) is 0.402. The Morgan fingerprint density at radius 2 is 2.04 bits per heavy atom. The molecule has 6 nitrogen and oxygen atoms in total. The predicted molar refractivity (Wildman–Crippen MR) is 97.8 cm³/mol. The molecule has 0 aliphatic rings. The van der Waals surface area contributed by atoms with Gasteiger partial charge in [0.2, 0.25) is 11.1 Å². The van der Waals surface area contributed by atoms with E-state index < -0.39 is 0 Å². The van der Waals surface area contributed by atoms with Crippen LogP contribution in [0.1, 0.15) is 5.56 Å². The lowest BCUT2D eigenvalue weighted by atomic mass is 10.2. The van der Waals surface area contributed by atoms with Crippen molar-refractivity contribution in [1.29, 1.82) is 0 Å². The number of thioether (sulfide) groups is 1. The molecule has 134 valence electrons. The highest BCUT2D eigenvalue weighted by Crippen LogP contribution is 2.21. The Morgan fingerprint density at radius 3 is 2.77 bits per heavy atom. The normalized spacial score (nSPS) is 10.7. The van der Waals surface area contributed by atoms with Crippen molar-refractivity contribution < 1.29 is 9.18 Å². The van der Waals surface area contributed by atoms with Crippen LogP contribution in [0.5, 0.6) is 0 Å². The summed E-state index contributed by atoms with van der Waals surface area (Å²) in [7, 11) is 1.70. The van der Waals surface area contributed by atoms with Gasteiger partial charge in [0.15, 0.2) is 0 Å². The topological polar surface area (TPSA) is 63.9 Å². The highest BCUT2D eigenvalue weighted by molar-refractivity contribution is 7.99. The summed E-state index contributed by atoms with van der Waals surface area (Å²) in [5.41, 5.74) is 1.58. The van der Waals surface area contributed by atoms with Crippen molar-refractivity contribution in [1.82, 2.24) is 25.1 Å². The number of hydrogen-bond acceptors (Lipinski definition) is 5. The third-order valence-corrected chi connectivity index (χ3v) is 4.72. The molecule has 1 aromatic heterocycles. The standard InChI is InChI=1S/C17H15ClFN5OS/c1-23(10-12-5-7-14(19)8-6-12)16(25)11-26-17-20-21-22-24(17)15-4-2-3-13(18)9-15/h2-9H,10-11H2,1H3. The number of tetrazole rings is 1. The maximum Gasteiger partial charge on any atom is 0.233 e. The van der Waals surface area contributed by atoms with Crippen LogP contribution in [-0.2, 0) is 11.3 Å². The highest BCUT2D eigenvalue weighted by Gasteiger charge is 2.14. The highest BCUT2D eigenvalue weighted by atomic mass is 35.5. The van der Waals surface area contributed by atoms with Crippen LogP contribution in [0.25, 0.3) is 5.69 Å². The van der Waals surface area contributed by atoms with Crippen LogP contribution in [-0.4, -0.2) is 43.8 Å². The second-order valence-electron chi connectivity index (χ2n) is 5.52.